The number of ether oxygens (including phenoxy) is 1. The number of rotatable bonds is 6. The third-order valence-corrected chi connectivity index (χ3v) is 6.25. The first-order valence-corrected chi connectivity index (χ1v) is 10.0. The first-order chi connectivity index (χ1) is 12.9. The maximum absolute atomic E-state index is 12.8. The summed E-state index contributed by atoms with van der Waals surface area (Å²) in [6.07, 6.45) is 0. The Kier molecular flexibility index (Phi) is 6.00. The molecule has 1 aromatic heterocycles. The van der Waals surface area contributed by atoms with Crippen LogP contribution in [0.15, 0.2) is 33.7 Å². The summed E-state index contributed by atoms with van der Waals surface area (Å²) in [6.45, 7) is 2.87. The second-order valence-electron chi connectivity index (χ2n) is 5.89. The zero-order valence-corrected chi connectivity index (χ0v) is 16.1. The number of nitrogens with zero attached hydrogens (tertiary/aromatic N) is 2. The van der Waals surface area contributed by atoms with Crippen LogP contribution in [0.2, 0.25) is 5.02 Å². The molecular formula is C16H19ClN4O5S. The van der Waals surface area contributed by atoms with Gasteiger partial charge in [0.25, 0.3) is 0 Å². The second kappa shape index (κ2) is 8.26. The highest BCUT2D eigenvalue weighted by Crippen LogP contribution is 2.28. The van der Waals surface area contributed by atoms with Gasteiger partial charge in [-0.3, -0.25) is 4.79 Å². The average molecular weight is 415 g/mol. The Hall–Kier alpha value is -2.14. The lowest BCUT2D eigenvalue weighted by Gasteiger charge is -2.26. The van der Waals surface area contributed by atoms with Gasteiger partial charge in [0.15, 0.2) is 5.82 Å². The molecule has 146 valence electrons. The number of hydrogen-bond acceptors (Lipinski definition) is 7. The minimum absolute atomic E-state index is 0.0106. The minimum Gasteiger partial charge on any atom is -0.379 e. The summed E-state index contributed by atoms with van der Waals surface area (Å²) in [7, 11) is -3.74. The minimum atomic E-state index is -3.74. The average Bonchev–Trinajstić information content (AvgIpc) is 3.06. The SMILES string of the molecule is Cc1cc(NC(=O)CNc2ccc(Cl)c(S(=O)(=O)N3CCOCC3)c2)no1. The molecule has 0 radical (unpaired) electrons. The molecule has 0 saturated carbocycles. The number of aromatic nitrogens is 1. The van der Waals surface area contributed by atoms with Gasteiger partial charge in [-0.05, 0) is 25.1 Å². The van der Waals surface area contributed by atoms with Crippen molar-refractivity contribution in [3.8, 4) is 0 Å². The molecule has 1 amide bonds. The van der Waals surface area contributed by atoms with E-state index in [-0.39, 0.29) is 35.5 Å². The van der Waals surface area contributed by atoms with Gasteiger partial charge in [0.05, 0.1) is 24.8 Å². The van der Waals surface area contributed by atoms with E-state index < -0.39 is 10.0 Å². The summed E-state index contributed by atoms with van der Waals surface area (Å²) < 4.78 is 37.0. The van der Waals surface area contributed by atoms with Gasteiger partial charge in [-0.1, -0.05) is 16.8 Å². The molecule has 3 rings (SSSR count). The highest BCUT2D eigenvalue weighted by Gasteiger charge is 2.28. The highest BCUT2D eigenvalue weighted by atomic mass is 35.5. The Labute approximate surface area is 161 Å². The first kappa shape index (κ1) is 19.6. The van der Waals surface area contributed by atoms with Gasteiger partial charge in [-0.2, -0.15) is 4.31 Å². The van der Waals surface area contributed by atoms with E-state index in [1.807, 2.05) is 0 Å². The number of halogens is 1. The number of carbonyl (C=O) groups excluding carboxylic acids is 1. The summed E-state index contributed by atoms with van der Waals surface area (Å²) in [6, 6.07) is 6.10. The number of carbonyl (C=O) groups is 1. The number of anilines is 2. The van der Waals surface area contributed by atoms with Crippen LogP contribution in [0.1, 0.15) is 5.76 Å². The summed E-state index contributed by atoms with van der Waals surface area (Å²) in [5.41, 5.74) is 0.456. The number of nitrogens with one attached hydrogen (secondary N) is 2. The molecule has 11 heteroatoms. The quantitative estimate of drug-likeness (QED) is 0.739. The van der Waals surface area contributed by atoms with E-state index in [0.717, 1.165) is 0 Å². The van der Waals surface area contributed by atoms with Gasteiger partial charge in [0.1, 0.15) is 10.7 Å². The number of sulfonamides is 1. The molecule has 2 aromatic rings. The van der Waals surface area contributed by atoms with Gasteiger partial charge in [0.2, 0.25) is 15.9 Å². The number of hydrogen-bond donors (Lipinski definition) is 2. The zero-order chi connectivity index (χ0) is 19.4. The molecule has 1 aliphatic rings. The number of benzene rings is 1. The lowest BCUT2D eigenvalue weighted by Crippen LogP contribution is -2.40. The van der Waals surface area contributed by atoms with Gasteiger partial charge in [-0.15, -0.1) is 0 Å². The van der Waals surface area contributed by atoms with Crippen LogP contribution >= 0.6 is 11.6 Å². The van der Waals surface area contributed by atoms with Gasteiger partial charge in [0, 0.05) is 24.8 Å². The van der Waals surface area contributed by atoms with Crippen molar-refractivity contribution in [1.29, 1.82) is 0 Å². The molecule has 0 aliphatic carbocycles. The van der Waals surface area contributed by atoms with E-state index in [1.54, 1.807) is 19.1 Å². The largest absolute Gasteiger partial charge is 0.379 e. The standard InChI is InChI=1S/C16H19ClN4O5S/c1-11-8-15(20-26-11)19-16(22)10-18-12-2-3-13(17)14(9-12)27(23,24)21-4-6-25-7-5-21/h2-3,8-9,18H,4-7,10H2,1H3,(H,19,20,22). The summed E-state index contributed by atoms with van der Waals surface area (Å²) in [5, 5.41) is 9.24. The Morgan fingerprint density at radius 3 is 2.70 bits per heavy atom. The van der Waals surface area contributed by atoms with Crippen molar-refractivity contribution in [3.63, 3.8) is 0 Å². The van der Waals surface area contributed by atoms with Crippen molar-refractivity contribution in [2.45, 2.75) is 11.8 Å². The first-order valence-electron chi connectivity index (χ1n) is 8.21. The molecular weight excluding hydrogens is 396 g/mol. The third-order valence-electron chi connectivity index (χ3n) is 3.87. The van der Waals surface area contributed by atoms with Crippen LogP contribution in [-0.2, 0) is 19.6 Å². The van der Waals surface area contributed by atoms with Crippen molar-refractivity contribution >= 4 is 39.0 Å². The van der Waals surface area contributed by atoms with Gasteiger partial charge >= 0.3 is 0 Å². The normalized spacial score (nSPS) is 15.5. The van der Waals surface area contributed by atoms with Gasteiger partial charge < -0.3 is 19.9 Å². The molecule has 1 aromatic carbocycles. The number of amides is 1. The van der Waals surface area contributed by atoms with Crippen molar-refractivity contribution in [2.75, 3.05) is 43.5 Å². The maximum atomic E-state index is 12.8. The molecule has 2 N–H and O–H groups in total. The van der Waals surface area contributed by atoms with Crippen molar-refractivity contribution in [2.24, 2.45) is 0 Å². The second-order valence-corrected chi connectivity index (χ2v) is 8.20. The van der Waals surface area contributed by atoms with Crippen LogP contribution in [0.5, 0.6) is 0 Å². The molecule has 0 unspecified atom stereocenters. The van der Waals surface area contributed by atoms with Crippen molar-refractivity contribution in [1.82, 2.24) is 9.46 Å². The Bertz CT molecular complexity index is 925. The maximum Gasteiger partial charge on any atom is 0.244 e. The molecule has 0 bridgehead atoms. The molecule has 1 saturated heterocycles. The summed E-state index contributed by atoms with van der Waals surface area (Å²) in [4.78, 5) is 12.0. The Morgan fingerprint density at radius 2 is 2.04 bits per heavy atom. The smallest absolute Gasteiger partial charge is 0.244 e. The predicted octanol–water partition coefficient (Wildman–Crippen LogP) is 1.71. The van der Waals surface area contributed by atoms with Crippen LogP contribution in [0.4, 0.5) is 11.5 Å². The van der Waals surface area contributed by atoms with Crippen LogP contribution in [0.25, 0.3) is 0 Å². The molecule has 1 aliphatic heterocycles. The Morgan fingerprint density at radius 1 is 1.30 bits per heavy atom. The van der Waals surface area contributed by atoms with E-state index in [9.17, 15) is 13.2 Å². The summed E-state index contributed by atoms with van der Waals surface area (Å²) in [5.74, 6) is 0.538. The molecule has 0 atom stereocenters. The van der Waals surface area contributed by atoms with Crippen molar-refractivity contribution in [3.05, 3.63) is 35.0 Å². The summed E-state index contributed by atoms with van der Waals surface area (Å²) >= 11 is 6.11. The molecule has 1 fully saturated rings. The number of aryl methyl sites for hydroxylation is 1. The fraction of sp³-hybridized carbons (Fsp3) is 0.375. The number of morpholine rings is 1. The lowest BCUT2D eigenvalue weighted by molar-refractivity contribution is -0.114. The van der Waals surface area contributed by atoms with Crippen molar-refractivity contribution < 1.29 is 22.5 Å². The highest BCUT2D eigenvalue weighted by molar-refractivity contribution is 7.89. The van der Waals surface area contributed by atoms with Gasteiger partial charge in [-0.25, -0.2) is 8.42 Å². The van der Waals surface area contributed by atoms with E-state index in [0.29, 0.717) is 30.5 Å². The van der Waals surface area contributed by atoms with Crippen LogP contribution < -0.4 is 10.6 Å². The molecule has 27 heavy (non-hydrogen) atoms. The van der Waals surface area contributed by atoms with Crippen LogP contribution in [-0.4, -0.2) is 56.6 Å². The molecule has 0 spiro atoms. The van der Waals surface area contributed by atoms with Crippen LogP contribution in [0, 0.1) is 6.92 Å². The fourth-order valence-electron chi connectivity index (χ4n) is 2.53. The van der Waals surface area contributed by atoms with E-state index >= 15 is 0 Å². The monoisotopic (exact) mass is 414 g/mol. The molecule has 9 nitrogen and oxygen atoms in total. The third kappa shape index (κ3) is 4.78. The van der Waals surface area contributed by atoms with Crippen LogP contribution in [0.3, 0.4) is 0 Å². The van der Waals surface area contributed by atoms with E-state index in [2.05, 4.69) is 15.8 Å². The predicted molar refractivity (Wildman–Crippen MR) is 99.4 cm³/mol. The molecule has 2 heterocycles. The topological polar surface area (TPSA) is 114 Å². The zero-order valence-electron chi connectivity index (χ0n) is 14.6. The lowest BCUT2D eigenvalue weighted by atomic mass is 10.3. The van der Waals surface area contributed by atoms with E-state index in [1.165, 1.54) is 16.4 Å². The Balaban J connectivity index is 1.68. The van der Waals surface area contributed by atoms with E-state index in [4.69, 9.17) is 20.9 Å². The fourth-order valence-corrected chi connectivity index (χ4v) is 4.44.